The van der Waals surface area contributed by atoms with E-state index in [9.17, 15) is 9.59 Å². The molecule has 2 unspecified atom stereocenters. The molecule has 7 heteroatoms. The topological polar surface area (TPSA) is 97.4 Å². The lowest BCUT2D eigenvalue weighted by Crippen LogP contribution is -2.50. The zero-order chi connectivity index (χ0) is 15.1. The van der Waals surface area contributed by atoms with Gasteiger partial charge in [-0.15, -0.1) is 12.4 Å². The first-order valence-corrected chi connectivity index (χ1v) is 6.77. The molecule has 0 radical (unpaired) electrons. The molecule has 0 bridgehead atoms. The van der Waals surface area contributed by atoms with Crippen molar-refractivity contribution in [3.05, 3.63) is 24.2 Å². The summed E-state index contributed by atoms with van der Waals surface area (Å²) in [7, 11) is 0. The van der Waals surface area contributed by atoms with E-state index in [1.807, 2.05) is 0 Å². The maximum atomic E-state index is 12.0. The standard InChI is InChI=1S/C14H23N3O3.ClH/c1-9(2)6-12(7-15)17-13(18)10(3)16-14(19)11-4-5-20-8-11;/h4-5,8-10,12H,6-7,15H2,1-3H3,(H,16,19)(H,17,18);1H. The van der Waals surface area contributed by atoms with Crippen LogP contribution in [0.15, 0.2) is 23.0 Å². The van der Waals surface area contributed by atoms with Crippen molar-refractivity contribution >= 4 is 24.2 Å². The van der Waals surface area contributed by atoms with Crippen molar-refractivity contribution < 1.29 is 14.0 Å². The first-order valence-electron chi connectivity index (χ1n) is 6.77. The highest BCUT2D eigenvalue weighted by Gasteiger charge is 2.20. The van der Waals surface area contributed by atoms with E-state index in [0.29, 0.717) is 18.0 Å². The third kappa shape index (κ3) is 6.64. The maximum absolute atomic E-state index is 12.0. The quantitative estimate of drug-likeness (QED) is 0.706. The number of hydrogen-bond acceptors (Lipinski definition) is 4. The molecule has 21 heavy (non-hydrogen) atoms. The van der Waals surface area contributed by atoms with Gasteiger partial charge in [0.05, 0.1) is 11.8 Å². The van der Waals surface area contributed by atoms with Crippen LogP contribution in [0, 0.1) is 5.92 Å². The van der Waals surface area contributed by atoms with E-state index in [1.165, 1.54) is 12.5 Å². The molecule has 0 aliphatic rings. The lowest BCUT2D eigenvalue weighted by Gasteiger charge is -2.21. The molecular formula is C14H24ClN3O3. The van der Waals surface area contributed by atoms with E-state index in [0.717, 1.165) is 6.42 Å². The van der Waals surface area contributed by atoms with Crippen LogP contribution in [0.3, 0.4) is 0 Å². The Bertz CT molecular complexity index is 435. The molecule has 0 fully saturated rings. The largest absolute Gasteiger partial charge is 0.472 e. The molecule has 4 N–H and O–H groups in total. The summed E-state index contributed by atoms with van der Waals surface area (Å²) in [6.45, 7) is 6.15. The van der Waals surface area contributed by atoms with Crippen molar-refractivity contribution in [3.63, 3.8) is 0 Å². The van der Waals surface area contributed by atoms with E-state index >= 15 is 0 Å². The summed E-state index contributed by atoms with van der Waals surface area (Å²) in [4.78, 5) is 23.8. The highest BCUT2D eigenvalue weighted by Crippen LogP contribution is 2.04. The zero-order valence-electron chi connectivity index (χ0n) is 12.6. The van der Waals surface area contributed by atoms with Gasteiger partial charge in [0, 0.05) is 12.6 Å². The van der Waals surface area contributed by atoms with Gasteiger partial charge in [0.2, 0.25) is 5.91 Å². The second-order valence-corrected chi connectivity index (χ2v) is 5.28. The van der Waals surface area contributed by atoms with Gasteiger partial charge in [-0.1, -0.05) is 13.8 Å². The number of amides is 2. The van der Waals surface area contributed by atoms with Gasteiger partial charge in [-0.3, -0.25) is 9.59 Å². The van der Waals surface area contributed by atoms with E-state index in [-0.39, 0.29) is 30.3 Å². The SMILES string of the molecule is CC(C)CC(CN)NC(=O)C(C)NC(=O)c1ccoc1.Cl. The van der Waals surface area contributed by atoms with Gasteiger partial charge in [0.15, 0.2) is 0 Å². The molecule has 1 rings (SSSR count). The van der Waals surface area contributed by atoms with Crippen molar-refractivity contribution in [3.8, 4) is 0 Å². The maximum Gasteiger partial charge on any atom is 0.255 e. The van der Waals surface area contributed by atoms with Gasteiger partial charge in [-0.25, -0.2) is 0 Å². The molecule has 0 saturated carbocycles. The fourth-order valence-corrected chi connectivity index (χ4v) is 1.85. The van der Waals surface area contributed by atoms with Gasteiger partial charge in [0.1, 0.15) is 12.3 Å². The minimum absolute atomic E-state index is 0. The van der Waals surface area contributed by atoms with E-state index < -0.39 is 6.04 Å². The summed E-state index contributed by atoms with van der Waals surface area (Å²) in [6, 6.07) is 0.843. The molecular weight excluding hydrogens is 294 g/mol. The second kappa shape index (κ2) is 9.41. The molecule has 0 saturated heterocycles. The van der Waals surface area contributed by atoms with Crippen LogP contribution in [-0.4, -0.2) is 30.4 Å². The third-order valence-corrected chi connectivity index (χ3v) is 2.91. The van der Waals surface area contributed by atoms with Crippen LogP contribution < -0.4 is 16.4 Å². The summed E-state index contributed by atoms with van der Waals surface area (Å²) in [6.07, 6.45) is 3.55. The van der Waals surface area contributed by atoms with Crippen LogP contribution in [0.2, 0.25) is 0 Å². The number of nitrogens with two attached hydrogens (primary N) is 1. The first-order chi connectivity index (χ1) is 9.43. The number of nitrogens with one attached hydrogen (secondary N) is 2. The highest BCUT2D eigenvalue weighted by molar-refractivity contribution is 5.97. The van der Waals surface area contributed by atoms with Crippen molar-refractivity contribution in [2.45, 2.75) is 39.3 Å². The van der Waals surface area contributed by atoms with Crippen LogP contribution in [0.1, 0.15) is 37.6 Å². The molecule has 0 aliphatic carbocycles. The lowest BCUT2D eigenvalue weighted by molar-refractivity contribution is -0.123. The summed E-state index contributed by atoms with van der Waals surface area (Å²) < 4.78 is 4.83. The fourth-order valence-electron chi connectivity index (χ4n) is 1.85. The van der Waals surface area contributed by atoms with Crippen LogP contribution in [0.4, 0.5) is 0 Å². The summed E-state index contributed by atoms with van der Waals surface area (Å²) in [5.41, 5.74) is 6.02. The molecule has 2 atom stereocenters. The smallest absolute Gasteiger partial charge is 0.255 e. The normalized spacial score (nSPS) is 13.2. The molecule has 0 aromatic carbocycles. The van der Waals surface area contributed by atoms with Crippen molar-refractivity contribution in [2.24, 2.45) is 11.7 Å². The predicted molar refractivity (Wildman–Crippen MR) is 83.3 cm³/mol. The van der Waals surface area contributed by atoms with Gasteiger partial charge < -0.3 is 20.8 Å². The van der Waals surface area contributed by atoms with Gasteiger partial charge in [0.25, 0.3) is 5.91 Å². The Hall–Kier alpha value is -1.53. The molecule has 0 aliphatic heterocycles. The highest BCUT2D eigenvalue weighted by atomic mass is 35.5. The van der Waals surface area contributed by atoms with Gasteiger partial charge >= 0.3 is 0 Å². The van der Waals surface area contributed by atoms with E-state index in [2.05, 4.69) is 24.5 Å². The Morgan fingerprint density at radius 3 is 2.43 bits per heavy atom. The van der Waals surface area contributed by atoms with Crippen LogP contribution in [0.25, 0.3) is 0 Å². The number of carbonyl (C=O) groups excluding carboxylic acids is 2. The minimum atomic E-state index is -0.626. The average molecular weight is 318 g/mol. The van der Waals surface area contributed by atoms with Gasteiger partial charge in [-0.2, -0.15) is 0 Å². The zero-order valence-corrected chi connectivity index (χ0v) is 13.4. The Balaban J connectivity index is 0.00000400. The van der Waals surface area contributed by atoms with Crippen molar-refractivity contribution in [2.75, 3.05) is 6.54 Å². The number of furan rings is 1. The third-order valence-electron chi connectivity index (χ3n) is 2.91. The monoisotopic (exact) mass is 317 g/mol. The average Bonchev–Trinajstić information content (AvgIpc) is 2.90. The summed E-state index contributed by atoms with van der Waals surface area (Å²) in [5.74, 6) is -0.132. The molecule has 0 spiro atoms. The molecule has 1 aromatic rings. The lowest BCUT2D eigenvalue weighted by atomic mass is 10.0. The molecule has 1 aromatic heterocycles. The van der Waals surface area contributed by atoms with Gasteiger partial charge in [-0.05, 0) is 25.3 Å². The van der Waals surface area contributed by atoms with Crippen molar-refractivity contribution in [1.29, 1.82) is 0 Å². The Morgan fingerprint density at radius 2 is 1.95 bits per heavy atom. The van der Waals surface area contributed by atoms with E-state index in [4.69, 9.17) is 10.2 Å². The number of halogens is 1. The second-order valence-electron chi connectivity index (χ2n) is 5.28. The predicted octanol–water partition coefficient (Wildman–Crippen LogP) is 1.31. The Morgan fingerprint density at radius 1 is 1.29 bits per heavy atom. The first kappa shape index (κ1) is 19.5. The Labute approximate surface area is 131 Å². The van der Waals surface area contributed by atoms with E-state index in [1.54, 1.807) is 13.0 Å². The van der Waals surface area contributed by atoms with Crippen LogP contribution in [-0.2, 0) is 4.79 Å². The molecule has 120 valence electrons. The summed E-state index contributed by atoms with van der Waals surface area (Å²) >= 11 is 0. The number of hydrogen-bond donors (Lipinski definition) is 3. The van der Waals surface area contributed by atoms with Crippen molar-refractivity contribution in [1.82, 2.24) is 10.6 Å². The number of rotatable bonds is 7. The Kier molecular flexibility index (Phi) is 8.73. The number of carbonyl (C=O) groups is 2. The fraction of sp³-hybridized carbons (Fsp3) is 0.571. The minimum Gasteiger partial charge on any atom is -0.472 e. The molecule has 1 heterocycles. The van der Waals surface area contributed by atoms with Crippen LogP contribution in [0.5, 0.6) is 0 Å². The molecule has 2 amide bonds. The molecule has 6 nitrogen and oxygen atoms in total. The van der Waals surface area contributed by atoms with Crippen LogP contribution >= 0.6 is 12.4 Å². The summed E-state index contributed by atoms with van der Waals surface area (Å²) in [5, 5.41) is 5.46.